The van der Waals surface area contributed by atoms with Gasteiger partial charge in [-0.1, -0.05) is 41.7 Å². The second-order valence-corrected chi connectivity index (χ2v) is 6.13. The molecular weight excluding hydrogens is 388 g/mol. The molecule has 0 nitrogen and oxygen atoms in total. The molecule has 4 aromatic rings. The van der Waals surface area contributed by atoms with Crippen LogP contribution in [0.4, 0.5) is 0 Å². The minimum Gasteiger partial charge on any atom is -0.748 e. The average Bonchev–Trinajstić information content (AvgIpc) is 3.44. The predicted octanol–water partition coefficient (Wildman–Crippen LogP) is 6.31. The molecule has 0 bridgehead atoms. The summed E-state index contributed by atoms with van der Waals surface area (Å²) in [5, 5.41) is 0. The number of rotatable bonds is 2. The Bertz CT molecular complexity index is 919. The fourth-order valence-corrected chi connectivity index (χ4v) is 2.68. The average molecular weight is 408 g/mol. The molecule has 0 fully saturated rings. The van der Waals surface area contributed by atoms with E-state index in [-0.39, 0.29) is 17.1 Å². The summed E-state index contributed by atoms with van der Waals surface area (Å²) in [7, 11) is 0. The Morgan fingerprint density at radius 2 is 1.15 bits per heavy atom. The van der Waals surface area contributed by atoms with Gasteiger partial charge in [0.05, 0.1) is 0 Å². The van der Waals surface area contributed by atoms with Crippen molar-refractivity contribution in [2.45, 2.75) is 5.75 Å². The summed E-state index contributed by atoms with van der Waals surface area (Å²) in [6.45, 7) is 0. The largest absolute Gasteiger partial charge is 0.748 e. The Morgan fingerprint density at radius 3 is 1.59 bits per heavy atom. The van der Waals surface area contributed by atoms with Gasteiger partial charge >= 0.3 is 0 Å². The van der Waals surface area contributed by atoms with Crippen LogP contribution in [0.2, 0.25) is 0 Å². The maximum atomic E-state index is 4.25. The fraction of sp³-hybridized carbons (Fsp3) is 0.0400. The number of hydrogen-bond donors (Lipinski definition) is 1. The van der Waals surface area contributed by atoms with Crippen LogP contribution in [0.25, 0.3) is 11.1 Å². The minimum atomic E-state index is 0. The second-order valence-electron chi connectivity index (χ2n) is 5.82. The van der Waals surface area contributed by atoms with Crippen molar-refractivity contribution in [3.05, 3.63) is 120 Å². The zero-order valence-corrected chi connectivity index (χ0v) is 16.8. The zero-order valence-electron chi connectivity index (χ0n) is 14.8. The first-order chi connectivity index (χ1) is 12.8. The van der Waals surface area contributed by atoms with Gasteiger partial charge in [-0.15, -0.1) is 29.8 Å². The van der Waals surface area contributed by atoms with Gasteiger partial charge in [-0.3, -0.25) is 0 Å². The third-order valence-electron chi connectivity index (χ3n) is 3.92. The molecule has 27 heavy (non-hydrogen) atoms. The fourth-order valence-electron chi connectivity index (χ4n) is 2.47. The van der Waals surface area contributed by atoms with E-state index in [0.717, 1.165) is 16.9 Å². The molecule has 0 aliphatic heterocycles. The third-order valence-corrected chi connectivity index (χ3v) is 4.29. The summed E-state index contributed by atoms with van der Waals surface area (Å²) in [6, 6.07) is 34.9. The summed E-state index contributed by atoms with van der Waals surface area (Å²) >= 11 is 4.25. The van der Waals surface area contributed by atoms with Gasteiger partial charge < -0.3 is 30.3 Å². The van der Waals surface area contributed by atoms with Gasteiger partial charge in [-0.05, 0) is 17.7 Å². The van der Waals surface area contributed by atoms with E-state index in [1.165, 1.54) is 16.7 Å². The summed E-state index contributed by atoms with van der Waals surface area (Å²) < 4.78 is 0. The Kier molecular flexibility index (Phi) is 8.75. The van der Waals surface area contributed by atoms with Crippen molar-refractivity contribution in [3.63, 3.8) is 0 Å². The van der Waals surface area contributed by atoms with Crippen LogP contribution in [0.3, 0.4) is 0 Å². The zero-order chi connectivity index (χ0) is 18.0. The van der Waals surface area contributed by atoms with Gasteiger partial charge in [0, 0.05) is 33.9 Å². The minimum absolute atomic E-state index is 0. The van der Waals surface area contributed by atoms with Crippen LogP contribution >= 0.6 is 12.6 Å². The molecule has 0 aliphatic rings. The molecule has 2 heteroatoms. The number of hydrogen-bond acceptors (Lipinski definition) is 1. The Labute approximate surface area is 177 Å². The first kappa shape index (κ1) is 20.9. The van der Waals surface area contributed by atoms with Gasteiger partial charge in [0.1, 0.15) is 0 Å². The van der Waals surface area contributed by atoms with E-state index in [4.69, 9.17) is 0 Å². The van der Waals surface area contributed by atoms with Crippen molar-refractivity contribution in [1.82, 2.24) is 0 Å². The van der Waals surface area contributed by atoms with E-state index in [9.17, 15) is 0 Å². The van der Waals surface area contributed by atoms with Crippen molar-refractivity contribution in [3.8, 4) is 23.0 Å². The molecule has 4 aromatic carbocycles. The van der Waals surface area contributed by atoms with Crippen LogP contribution in [-0.2, 0) is 22.8 Å². The molecule has 140 valence electrons. The van der Waals surface area contributed by atoms with E-state index < -0.39 is 0 Å². The van der Waals surface area contributed by atoms with Gasteiger partial charge in [0.25, 0.3) is 0 Å². The molecule has 0 aromatic heterocycles. The smallest absolute Gasteiger partial charge is 0.0249 e. The normalized spacial score (nSPS) is 9.22. The molecule has 0 atom stereocenters. The van der Waals surface area contributed by atoms with Crippen LogP contribution in [0.5, 0.6) is 0 Å². The van der Waals surface area contributed by atoms with E-state index in [1.54, 1.807) is 0 Å². The molecule has 0 heterocycles. The maximum absolute atomic E-state index is 4.25. The van der Waals surface area contributed by atoms with Gasteiger partial charge in [-0.25, -0.2) is 0 Å². The van der Waals surface area contributed by atoms with Gasteiger partial charge in [0.15, 0.2) is 0 Å². The van der Waals surface area contributed by atoms with Gasteiger partial charge in [-0.2, -0.15) is 24.8 Å². The number of benzene rings is 2. The van der Waals surface area contributed by atoms with E-state index in [1.807, 2.05) is 42.5 Å². The van der Waals surface area contributed by atoms with Crippen LogP contribution in [0.1, 0.15) is 16.7 Å². The second kappa shape index (κ2) is 11.3. The molecule has 0 N–H and O–H groups in total. The van der Waals surface area contributed by atoms with E-state index in [2.05, 4.69) is 85.1 Å². The van der Waals surface area contributed by atoms with Gasteiger partial charge in [0.2, 0.25) is 0 Å². The van der Waals surface area contributed by atoms with Crippen molar-refractivity contribution in [2.24, 2.45) is 0 Å². The molecule has 0 aliphatic carbocycles. The Hall–Kier alpha value is -2.43. The molecule has 0 radical (unpaired) electrons. The SMILES string of the molecule is SCc1ccc(C#Cc2ccc(-[c-]3cccc3)cc2)cc1.[Fe].[cH-]1[cH-][cH-][cH-][cH-]1. The van der Waals surface area contributed by atoms with Crippen molar-refractivity contribution in [1.29, 1.82) is 0 Å². The number of thiol groups is 1. The van der Waals surface area contributed by atoms with Crippen LogP contribution in [-0.4, -0.2) is 0 Å². The summed E-state index contributed by atoms with van der Waals surface area (Å²) in [5.74, 6) is 7.15. The van der Waals surface area contributed by atoms with Crippen molar-refractivity contribution >= 4 is 12.6 Å². The monoisotopic (exact) mass is 408 g/mol. The molecule has 0 saturated carbocycles. The van der Waals surface area contributed by atoms with Crippen LogP contribution < -0.4 is 0 Å². The van der Waals surface area contributed by atoms with E-state index in [0.29, 0.717) is 0 Å². The summed E-state index contributed by atoms with van der Waals surface area (Å²) in [4.78, 5) is 0. The molecular formula is C25H20FeS-6. The molecule has 0 unspecified atom stereocenters. The Balaban J connectivity index is 0.000000379. The molecule has 0 amide bonds. The predicted molar refractivity (Wildman–Crippen MR) is 115 cm³/mol. The third kappa shape index (κ3) is 6.66. The first-order valence-corrected chi connectivity index (χ1v) is 9.19. The first-order valence-electron chi connectivity index (χ1n) is 8.56. The summed E-state index contributed by atoms with van der Waals surface area (Å²) in [6.07, 6.45) is 0. The van der Waals surface area contributed by atoms with E-state index >= 15 is 0 Å². The standard InChI is InChI=1S/C20H15S.C5H5.Fe/c21-15-18-9-7-16(8-10-18)5-6-17-11-13-20(14-12-17)19-3-1-2-4-19;1-2-4-5-3-1;/h1-4,7-14,21H,15H2;1-5H;/q-1;-5;. The summed E-state index contributed by atoms with van der Waals surface area (Å²) in [5.41, 5.74) is 5.74. The maximum Gasteiger partial charge on any atom is 0.0249 e. The van der Waals surface area contributed by atoms with Crippen molar-refractivity contribution < 1.29 is 17.1 Å². The van der Waals surface area contributed by atoms with Crippen LogP contribution in [0, 0.1) is 11.8 Å². The van der Waals surface area contributed by atoms with Crippen LogP contribution in [0.15, 0.2) is 103 Å². The Morgan fingerprint density at radius 1 is 0.704 bits per heavy atom. The molecule has 0 spiro atoms. The molecule has 0 saturated heterocycles. The van der Waals surface area contributed by atoms with Crippen molar-refractivity contribution in [2.75, 3.05) is 0 Å². The quantitative estimate of drug-likeness (QED) is 0.171. The molecule has 4 rings (SSSR count). The topological polar surface area (TPSA) is 0 Å².